The van der Waals surface area contributed by atoms with Gasteiger partial charge in [0.1, 0.15) is 10.6 Å². The van der Waals surface area contributed by atoms with Gasteiger partial charge in [-0.1, -0.05) is 18.9 Å². The lowest BCUT2D eigenvalue weighted by Gasteiger charge is -2.05. The van der Waals surface area contributed by atoms with E-state index < -0.39 is 5.97 Å². The van der Waals surface area contributed by atoms with Gasteiger partial charge in [0.25, 0.3) is 0 Å². The maximum atomic E-state index is 10.8. The van der Waals surface area contributed by atoms with Gasteiger partial charge in [-0.3, -0.25) is 0 Å². The van der Waals surface area contributed by atoms with Gasteiger partial charge in [0, 0.05) is 11.4 Å². The summed E-state index contributed by atoms with van der Waals surface area (Å²) < 4.78 is 5.41. The van der Waals surface area contributed by atoms with Crippen LogP contribution in [0.1, 0.15) is 34.9 Å². The Kier molecular flexibility index (Phi) is 4.06. The zero-order valence-electron chi connectivity index (χ0n) is 10.6. The van der Waals surface area contributed by atoms with Crippen molar-refractivity contribution in [1.82, 2.24) is 15.2 Å². The number of aryl methyl sites for hydroxylation is 2. The van der Waals surface area contributed by atoms with E-state index in [-0.39, 0.29) is 10.9 Å². The fourth-order valence-electron chi connectivity index (χ4n) is 1.55. The second kappa shape index (κ2) is 5.75. The topological polar surface area (TPSA) is 85.2 Å². The van der Waals surface area contributed by atoms with Gasteiger partial charge in [-0.15, -0.1) is 16.4 Å². The molecule has 0 unspecified atom stereocenters. The summed E-state index contributed by atoms with van der Waals surface area (Å²) in [5.74, 6) is -0.565. The molecule has 0 bridgehead atoms. The first-order valence-electron chi connectivity index (χ1n) is 5.86. The predicted octanol–water partition coefficient (Wildman–Crippen LogP) is 2.55. The molecular weight excluding hydrogens is 266 g/mol. The highest BCUT2D eigenvalue weighted by molar-refractivity contribution is 7.12. The number of aromatic carboxylic acids is 1. The molecular formula is C12H13N3O3S. The summed E-state index contributed by atoms with van der Waals surface area (Å²) in [6.45, 7) is 3.98. The van der Waals surface area contributed by atoms with Crippen LogP contribution in [0, 0.1) is 0 Å². The number of thiophene rings is 1. The summed E-state index contributed by atoms with van der Waals surface area (Å²) in [6.07, 6.45) is 1.52. The highest BCUT2D eigenvalue weighted by atomic mass is 32.1. The van der Waals surface area contributed by atoms with E-state index in [0.29, 0.717) is 5.75 Å². The van der Waals surface area contributed by atoms with Gasteiger partial charge < -0.3 is 9.84 Å². The largest absolute Gasteiger partial charge is 0.477 e. The average molecular weight is 279 g/mol. The van der Waals surface area contributed by atoms with Gasteiger partial charge in [0.15, 0.2) is 0 Å². The van der Waals surface area contributed by atoms with Crippen molar-refractivity contribution in [1.29, 1.82) is 0 Å². The minimum atomic E-state index is -0.977. The first-order valence-corrected chi connectivity index (χ1v) is 6.74. The van der Waals surface area contributed by atoms with E-state index in [1.165, 1.54) is 6.07 Å². The molecule has 0 radical (unpaired) electrons. The van der Waals surface area contributed by atoms with Gasteiger partial charge >= 0.3 is 12.0 Å². The zero-order valence-corrected chi connectivity index (χ0v) is 11.4. The molecule has 0 fully saturated rings. The predicted molar refractivity (Wildman–Crippen MR) is 69.9 cm³/mol. The van der Waals surface area contributed by atoms with Crippen molar-refractivity contribution in [3.05, 3.63) is 27.7 Å². The van der Waals surface area contributed by atoms with Crippen LogP contribution in [-0.4, -0.2) is 26.3 Å². The molecule has 0 aromatic carbocycles. The fraction of sp³-hybridized carbons (Fsp3) is 0.333. The molecule has 100 valence electrons. The molecule has 0 aliphatic rings. The van der Waals surface area contributed by atoms with Crippen LogP contribution in [0.4, 0.5) is 0 Å². The number of hydrogen-bond donors (Lipinski definition) is 1. The quantitative estimate of drug-likeness (QED) is 0.905. The van der Waals surface area contributed by atoms with Crippen molar-refractivity contribution in [2.75, 3.05) is 0 Å². The van der Waals surface area contributed by atoms with Crippen LogP contribution in [0.15, 0.2) is 11.4 Å². The van der Waals surface area contributed by atoms with Gasteiger partial charge in [-0.25, -0.2) is 4.79 Å². The molecule has 0 spiro atoms. The highest BCUT2D eigenvalue weighted by Crippen LogP contribution is 2.25. The van der Waals surface area contributed by atoms with Gasteiger partial charge in [-0.05, 0) is 12.8 Å². The monoisotopic (exact) mass is 279 g/mol. The van der Waals surface area contributed by atoms with Crippen molar-refractivity contribution in [2.24, 2.45) is 0 Å². The molecule has 2 heterocycles. The third-order valence-corrected chi connectivity index (χ3v) is 3.38. The normalized spacial score (nSPS) is 10.4. The smallest absolute Gasteiger partial charge is 0.346 e. The van der Waals surface area contributed by atoms with E-state index >= 15 is 0 Å². The van der Waals surface area contributed by atoms with Crippen LogP contribution < -0.4 is 4.74 Å². The molecule has 0 saturated heterocycles. The number of carboxylic acid groups (broad SMARTS) is 1. The zero-order chi connectivity index (χ0) is 13.8. The Hall–Kier alpha value is -2.02. The van der Waals surface area contributed by atoms with Crippen molar-refractivity contribution in [2.45, 2.75) is 26.7 Å². The summed E-state index contributed by atoms with van der Waals surface area (Å²) in [7, 11) is 0. The second-order valence-corrected chi connectivity index (χ2v) is 4.66. The standard InChI is InChI=1S/C12H13N3O3S/c1-3-8-9(4-2)14-15-12(13-8)18-7-5-10(11(16)17)19-6-7/h5-6H,3-4H2,1-2H3,(H,16,17). The molecule has 0 aliphatic heterocycles. The van der Waals surface area contributed by atoms with Crippen LogP contribution in [0.5, 0.6) is 11.8 Å². The number of aromatic nitrogens is 3. The maximum absolute atomic E-state index is 10.8. The van der Waals surface area contributed by atoms with E-state index in [1.54, 1.807) is 5.38 Å². The van der Waals surface area contributed by atoms with Gasteiger partial charge in [-0.2, -0.15) is 4.98 Å². The Morgan fingerprint density at radius 2 is 2.05 bits per heavy atom. The highest BCUT2D eigenvalue weighted by Gasteiger charge is 2.11. The van der Waals surface area contributed by atoms with Crippen LogP contribution >= 0.6 is 11.3 Å². The van der Waals surface area contributed by atoms with Crippen molar-refractivity contribution in [3.63, 3.8) is 0 Å². The van der Waals surface area contributed by atoms with E-state index in [9.17, 15) is 4.79 Å². The number of carbonyl (C=O) groups is 1. The molecule has 2 aromatic rings. The van der Waals surface area contributed by atoms with Gasteiger partial charge in [0.05, 0.1) is 11.4 Å². The third kappa shape index (κ3) is 3.05. The Morgan fingerprint density at radius 1 is 1.32 bits per heavy atom. The molecule has 2 rings (SSSR count). The fourth-order valence-corrected chi connectivity index (χ4v) is 2.20. The van der Waals surface area contributed by atoms with Gasteiger partial charge in [0.2, 0.25) is 0 Å². The number of carboxylic acids is 1. The third-order valence-electron chi connectivity index (χ3n) is 2.49. The summed E-state index contributed by atoms with van der Waals surface area (Å²) in [4.78, 5) is 15.2. The average Bonchev–Trinajstić information content (AvgIpc) is 2.87. The molecule has 1 N–H and O–H groups in total. The van der Waals surface area contributed by atoms with Crippen molar-refractivity contribution in [3.8, 4) is 11.8 Å². The van der Waals surface area contributed by atoms with Crippen LogP contribution in [0.2, 0.25) is 0 Å². The Morgan fingerprint density at radius 3 is 2.63 bits per heavy atom. The lowest BCUT2D eigenvalue weighted by Crippen LogP contribution is -2.04. The first-order chi connectivity index (χ1) is 9.13. The Balaban J connectivity index is 2.20. The summed E-state index contributed by atoms with van der Waals surface area (Å²) in [5, 5.41) is 18.4. The second-order valence-electron chi connectivity index (χ2n) is 3.75. The maximum Gasteiger partial charge on any atom is 0.346 e. The van der Waals surface area contributed by atoms with Crippen molar-refractivity contribution >= 4 is 17.3 Å². The molecule has 0 atom stereocenters. The molecule has 6 nitrogen and oxygen atoms in total. The minimum Gasteiger partial charge on any atom is -0.477 e. The minimum absolute atomic E-state index is 0.142. The number of rotatable bonds is 5. The van der Waals surface area contributed by atoms with E-state index in [1.807, 2.05) is 13.8 Å². The molecule has 2 aromatic heterocycles. The summed E-state index contributed by atoms with van der Waals surface area (Å²) in [6, 6.07) is 1.58. The summed E-state index contributed by atoms with van der Waals surface area (Å²) in [5.41, 5.74) is 1.70. The molecule has 7 heteroatoms. The SMILES string of the molecule is CCc1nnc(Oc2csc(C(=O)O)c2)nc1CC. The molecule has 0 amide bonds. The Labute approximate surface area is 114 Å². The van der Waals surface area contributed by atoms with E-state index in [0.717, 1.165) is 35.6 Å². The first kappa shape index (κ1) is 13.4. The van der Waals surface area contributed by atoms with Crippen molar-refractivity contribution < 1.29 is 14.6 Å². The molecule has 0 aliphatic carbocycles. The molecule has 0 saturated carbocycles. The van der Waals surface area contributed by atoms with Crippen LogP contribution in [0.3, 0.4) is 0 Å². The van der Waals surface area contributed by atoms with E-state index in [2.05, 4.69) is 15.2 Å². The van der Waals surface area contributed by atoms with E-state index in [4.69, 9.17) is 9.84 Å². The molecule has 19 heavy (non-hydrogen) atoms. The number of nitrogens with zero attached hydrogens (tertiary/aromatic N) is 3. The van der Waals surface area contributed by atoms with Crippen LogP contribution in [0.25, 0.3) is 0 Å². The summed E-state index contributed by atoms with van der Waals surface area (Å²) >= 11 is 1.09. The lowest BCUT2D eigenvalue weighted by atomic mass is 10.2. The van der Waals surface area contributed by atoms with Crippen LogP contribution in [-0.2, 0) is 12.8 Å². The Bertz CT molecular complexity index is 598. The lowest BCUT2D eigenvalue weighted by molar-refractivity contribution is 0.0702. The number of ether oxygens (including phenoxy) is 1. The number of hydrogen-bond acceptors (Lipinski definition) is 6.